The lowest BCUT2D eigenvalue weighted by Gasteiger charge is -2.05. The van der Waals surface area contributed by atoms with Gasteiger partial charge < -0.3 is 5.32 Å². The van der Waals surface area contributed by atoms with E-state index in [9.17, 15) is 0 Å². The van der Waals surface area contributed by atoms with E-state index < -0.39 is 0 Å². The number of aryl methyl sites for hydroxylation is 1. The van der Waals surface area contributed by atoms with Crippen molar-refractivity contribution in [2.24, 2.45) is 5.92 Å². The quantitative estimate of drug-likeness (QED) is 0.645. The minimum absolute atomic E-state index is 0.727. The van der Waals surface area contributed by atoms with Crippen LogP contribution in [0.25, 0.3) is 0 Å². The summed E-state index contributed by atoms with van der Waals surface area (Å²) in [5, 5.41) is 10.0. The highest BCUT2D eigenvalue weighted by atomic mass is 15.2. The molecule has 0 saturated carbocycles. The highest BCUT2D eigenvalue weighted by Gasteiger charge is 1.95. The van der Waals surface area contributed by atoms with Crippen molar-refractivity contribution in [1.82, 2.24) is 20.5 Å². The lowest BCUT2D eigenvalue weighted by molar-refractivity contribution is 0.541. The normalized spacial score (nSPS) is 11.0. The van der Waals surface area contributed by atoms with E-state index in [0.29, 0.717) is 0 Å². The van der Waals surface area contributed by atoms with E-state index in [0.717, 1.165) is 37.7 Å². The molecule has 0 fully saturated rings. The fourth-order valence-corrected chi connectivity index (χ4v) is 1.12. The van der Waals surface area contributed by atoms with Crippen LogP contribution in [0.4, 0.5) is 0 Å². The molecule has 0 amide bonds. The molecule has 0 spiro atoms. The molecule has 0 atom stereocenters. The molecule has 2 N–H and O–H groups in total. The van der Waals surface area contributed by atoms with E-state index in [1.54, 1.807) is 6.33 Å². The molecule has 0 aliphatic rings. The third kappa shape index (κ3) is 4.62. The third-order valence-corrected chi connectivity index (χ3v) is 1.78. The molecule has 1 rings (SSSR count). The van der Waals surface area contributed by atoms with Crippen LogP contribution in [-0.2, 0) is 6.42 Å². The van der Waals surface area contributed by atoms with Crippen molar-refractivity contribution < 1.29 is 0 Å². The van der Waals surface area contributed by atoms with Gasteiger partial charge in [0.1, 0.15) is 12.2 Å². The van der Waals surface area contributed by atoms with E-state index in [1.807, 2.05) is 0 Å². The zero-order chi connectivity index (χ0) is 9.52. The molecular formula is C9H18N4. The number of hydrogen-bond donors (Lipinski definition) is 2. The summed E-state index contributed by atoms with van der Waals surface area (Å²) in [6, 6.07) is 0. The van der Waals surface area contributed by atoms with Crippen LogP contribution in [0.15, 0.2) is 6.33 Å². The van der Waals surface area contributed by atoms with E-state index in [4.69, 9.17) is 0 Å². The fourth-order valence-electron chi connectivity index (χ4n) is 1.12. The van der Waals surface area contributed by atoms with Crippen molar-refractivity contribution in [1.29, 1.82) is 0 Å². The summed E-state index contributed by atoms with van der Waals surface area (Å²) in [6.45, 7) is 6.57. The van der Waals surface area contributed by atoms with Gasteiger partial charge in [-0.3, -0.25) is 5.10 Å². The Morgan fingerprint density at radius 1 is 1.54 bits per heavy atom. The fraction of sp³-hybridized carbons (Fsp3) is 0.778. The topological polar surface area (TPSA) is 53.6 Å². The largest absolute Gasteiger partial charge is 0.316 e. The van der Waals surface area contributed by atoms with Gasteiger partial charge >= 0.3 is 0 Å². The van der Waals surface area contributed by atoms with Gasteiger partial charge in [-0.25, -0.2) is 4.98 Å². The van der Waals surface area contributed by atoms with Gasteiger partial charge in [0.15, 0.2) is 0 Å². The van der Waals surface area contributed by atoms with Crippen molar-refractivity contribution in [3.63, 3.8) is 0 Å². The van der Waals surface area contributed by atoms with Gasteiger partial charge in [0, 0.05) is 6.42 Å². The Morgan fingerprint density at radius 2 is 2.38 bits per heavy atom. The molecule has 1 heterocycles. The average molecular weight is 182 g/mol. The van der Waals surface area contributed by atoms with Gasteiger partial charge in [-0.2, -0.15) is 5.10 Å². The number of nitrogens with one attached hydrogen (secondary N) is 2. The zero-order valence-electron chi connectivity index (χ0n) is 8.38. The molecule has 0 aliphatic carbocycles. The molecule has 0 bridgehead atoms. The van der Waals surface area contributed by atoms with Gasteiger partial charge in [-0.05, 0) is 25.4 Å². The Kier molecular flexibility index (Phi) is 4.46. The van der Waals surface area contributed by atoms with Crippen molar-refractivity contribution in [2.75, 3.05) is 13.1 Å². The van der Waals surface area contributed by atoms with Crippen molar-refractivity contribution in [3.8, 4) is 0 Å². The van der Waals surface area contributed by atoms with E-state index in [1.165, 1.54) is 0 Å². The third-order valence-electron chi connectivity index (χ3n) is 1.78. The van der Waals surface area contributed by atoms with E-state index in [2.05, 4.69) is 34.3 Å². The molecule has 0 aromatic carbocycles. The molecule has 0 saturated heterocycles. The molecule has 4 heteroatoms. The van der Waals surface area contributed by atoms with Crippen molar-refractivity contribution in [3.05, 3.63) is 12.2 Å². The average Bonchev–Trinajstić information content (AvgIpc) is 2.55. The molecular weight excluding hydrogens is 164 g/mol. The minimum Gasteiger partial charge on any atom is -0.316 e. The molecule has 0 aliphatic heterocycles. The smallest absolute Gasteiger partial charge is 0.137 e. The van der Waals surface area contributed by atoms with Gasteiger partial charge in [-0.15, -0.1) is 0 Å². The monoisotopic (exact) mass is 182 g/mol. The zero-order valence-corrected chi connectivity index (χ0v) is 8.38. The van der Waals surface area contributed by atoms with Crippen LogP contribution in [0.2, 0.25) is 0 Å². The minimum atomic E-state index is 0.727. The second-order valence-electron chi connectivity index (χ2n) is 3.63. The first-order chi connectivity index (χ1) is 6.29. The van der Waals surface area contributed by atoms with Crippen LogP contribution in [0.5, 0.6) is 0 Å². The highest BCUT2D eigenvalue weighted by molar-refractivity contribution is 4.79. The first-order valence-electron chi connectivity index (χ1n) is 4.84. The first-order valence-corrected chi connectivity index (χ1v) is 4.84. The summed E-state index contributed by atoms with van der Waals surface area (Å²) in [6.07, 6.45) is 3.64. The van der Waals surface area contributed by atoms with Gasteiger partial charge in [-0.1, -0.05) is 13.8 Å². The van der Waals surface area contributed by atoms with Gasteiger partial charge in [0.25, 0.3) is 0 Å². The molecule has 1 aromatic rings. The number of aromatic nitrogens is 3. The molecule has 13 heavy (non-hydrogen) atoms. The lowest BCUT2D eigenvalue weighted by Crippen LogP contribution is -2.21. The molecule has 0 radical (unpaired) electrons. The van der Waals surface area contributed by atoms with Crippen LogP contribution in [-0.4, -0.2) is 28.3 Å². The summed E-state index contributed by atoms with van der Waals surface area (Å²) in [5.74, 6) is 1.71. The Hall–Kier alpha value is -0.900. The number of nitrogens with zero attached hydrogens (tertiary/aromatic N) is 2. The van der Waals surface area contributed by atoms with E-state index in [-0.39, 0.29) is 0 Å². The lowest BCUT2D eigenvalue weighted by atomic mass is 10.2. The number of hydrogen-bond acceptors (Lipinski definition) is 3. The van der Waals surface area contributed by atoms with Crippen LogP contribution in [0, 0.1) is 5.92 Å². The number of H-pyrrole nitrogens is 1. The summed E-state index contributed by atoms with van der Waals surface area (Å²) in [4.78, 5) is 4.05. The Morgan fingerprint density at radius 3 is 3.00 bits per heavy atom. The van der Waals surface area contributed by atoms with E-state index >= 15 is 0 Å². The molecule has 74 valence electrons. The highest BCUT2D eigenvalue weighted by Crippen LogP contribution is 1.92. The maximum absolute atomic E-state index is 4.05. The molecule has 1 aromatic heterocycles. The summed E-state index contributed by atoms with van der Waals surface area (Å²) in [7, 11) is 0. The molecule has 0 unspecified atom stereocenters. The SMILES string of the molecule is CC(C)CNCCCc1ncn[nH]1. The van der Waals surface area contributed by atoms with Crippen LogP contribution in [0.1, 0.15) is 26.1 Å². The van der Waals surface area contributed by atoms with Crippen molar-refractivity contribution in [2.45, 2.75) is 26.7 Å². The standard InChI is InChI=1S/C9H18N4/c1-8(2)6-10-5-3-4-9-11-7-12-13-9/h7-8,10H,3-6H2,1-2H3,(H,11,12,13). The summed E-state index contributed by atoms with van der Waals surface area (Å²) in [5.41, 5.74) is 0. The Labute approximate surface area is 79.2 Å². The van der Waals surface area contributed by atoms with Crippen LogP contribution in [0.3, 0.4) is 0 Å². The Bertz CT molecular complexity index is 205. The predicted molar refractivity (Wildman–Crippen MR) is 52.4 cm³/mol. The summed E-state index contributed by atoms with van der Waals surface area (Å²) >= 11 is 0. The van der Waals surface area contributed by atoms with Crippen LogP contribution < -0.4 is 5.32 Å². The maximum Gasteiger partial charge on any atom is 0.137 e. The van der Waals surface area contributed by atoms with Gasteiger partial charge in [0.2, 0.25) is 0 Å². The van der Waals surface area contributed by atoms with Crippen LogP contribution >= 0.6 is 0 Å². The first kappa shape index (κ1) is 10.2. The van der Waals surface area contributed by atoms with Crippen molar-refractivity contribution >= 4 is 0 Å². The Balaban J connectivity index is 1.96. The van der Waals surface area contributed by atoms with Gasteiger partial charge in [0.05, 0.1) is 0 Å². The number of rotatable bonds is 6. The second kappa shape index (κ2) is 5.70. The summed E-state index contributed by atoms with van der Waals surface area (Å²) < 4.78 is 0. The maximum atomic E-state index is 4.05. The molecule has 4 nitrogen and oxygen atoms in total. The number of aromatic amines is 1. The second-order valence-corrected chi connectivity index (χ2v) is 3.63. The predicted octanol–water partition coefficient (Wildman–Crippen LogP) is 0.983.